The van der Waals surface area contributed by atoms with Gasteiger partial charge in [0.1, 0.15) is 5.82 Å². The van der Waals surface area contributed by atoms with Crippen LogP contribution >= 0.6 is 23.2 Å². The lowest BCUT2D eigenvalue weighted by atomic mass is 10.3. The molecule has 90 valence electrons. The zero-order valence-electron chi connectivity index (χ0n) is 9.11. The molecule has 2 heterocycles. The number of anilines is 2. The molecule has 0 saturated heterocycles. The minimum absolute atomic E-state index is 0.502. The number of imidazole rings is 1. The van der Waals surface area contributed by atoms with Crippen molar-refractivity contribution in [2.45, 2.75) is 0 Å². The number of nitrogens with one attached hydrogen (secondary N) is 2. The highest BCUT2D eigenvalue weighted by Gasteiger charge is 2.03. The second-order valence-corrected chi connectivity index (χ2v) is 4.54. The number of aromatic nitrogens is 3. The number of hydrogen-bond donors (Lipinski definition) is 2. The van der Waals surface area contributed by atoms with Crippen molar-refractivity contribution >= 4 is 45.9 Å². The predicted octanol–water partition coefficient (Wildman–Crippen LogP) is 4.01. The Labute approximate surface area is 113 Å². The third-order valence-corrected chi connectivity index (χ3v) is 3.21. The first-order valence-electron chi connectivity index (χ1n) is 5.24. The number of rotatable bonds is 2. The van der Waals surface area contributed by atoms with Gasteiger partial charge in [0.2, 0.25) is 0 Å². The van der Waals surface area contributed by atoms with Gasteiger partial charge >= 0.3 is 0 Å². The molecule has 0 fully saturated rings. The summed E-state index contributed by atoms with van der Waals surface area (Å²) in [7, 11) is 0. The van der Waals surface area contributed by atoms with Crippen molar-refractivity contribution in [3.8, 4) is 0 Å². The first-order valence-corrected chi connectivity index (χ1v) is 6.00. The van der Waals surface area contributed by atoms with Gasteiger partial charge in [-0.25, -0.2) is 9.97 Å². The molecule has 0 bridgehead atoms. The molecule has 2 aromatic heterocycles. The molecule has 0 aliphatic carbocycles. The summed E-state index contributed by atoms with van der Waals surface area (Å²) in [6, 6.07) is 9.10. The Balaban J connectivity index is 1.92. The molecule has 0 aliphatic heterocycles. The summed E-state index contributed by atoms with van der Waals surface area (Å²) in [4.78, 5) is 11.4. The average molecular weight is 279 g/mol. The number of fused-ring (bicyclic) bond motifs is 1. The number of aromatic amines is 1. The van der Waals surface area contributed by atoms with Crippen molar-refractivity contribution in [2.24, 2.45) is 0 Å². The van der Waals surface area contributed by atoms with E-state index in [1.165, 1.54) is 0 Å². The number of halogens is 2. The molecule has 0 unspecified atom stereocenters. The van der Waals surface area contributed by atoms with Crippen molar-refractivity contribution in [3.05, 3.63) is 46.7 Å². The van der Waals surface area contributed by atoms with Crippen LogP contribution in [0, 0.1) is 0 Å². The maximum Gasteiger partial charge on any atom is 0.179 e. The van der Waals surface area contributed by atoms with Crippen LogP contribution < -0.4 is 5.32 Å². The van der Waals surface area contributed by atoms with Crippen LogP contribution in [0.15, 0.2) is 36.7 Å². The minimum atomic E-state index is 0.502. The van der Waals surface area contributed by atoms with E-state index < -0.39 is 0 Å². The molecule has 0 atom stereocenters. The number of H-pyrrole nitrogens is 1. The highest BCUT2D eigenvalue weighted by molar-refractivity contribution is 6.42. The van der Waals surface area contributed by atoms with Crippen LogP contribution in [0.1, 0.15) is 0 Å². The van der Waals surface area contributed by atoms with Gasteiger partial charge in [0.25, 0.3) is 0 Å². The molecule has 0 amide bonds. The summed E-state index contributed by atoms with van der Waals surface area (Å²) in [6.45, 7) is 0. The Morgan fingerprint density at radius 3 is 2.78 bits per heavy atom. The fourth-order valence-electron chi connectivity index (χ4n) is 1.61. The summed E-state index contributed by atoms with van der Waals surface area (Å²) in [6.07, 6.45) is 1.61. The van der Waals surface area contributed by atoms with Crippen molar-refractivity contribution in [3.63, 3.8) is 0 Å². The van der Waals surface area contributed by atoms with Gasteiger partial charge in [0, 0.05) is 5.69 Å². The van der Waals surface area contributed by atoms with Crippen molar-refractivity contribution in [2.75, 3.05) is 5.32 Å². The second kappa shape index (κ2) is 4.48. The summed E-state index contributed by atoms with van der Waals surface area (Å²) in [5, 5.41) is 4.17. The molecule has 2 N–H and O–H groups in total. The van der Waals surface area contributed by atoms with Crippen LogP contribution in [0.3, 0.4) is 0 Å². The summed E-state index contributed by atoms with van der Waals surface area (Å²) in [5.74, 6) is 0.702. The Kier molecular flexibility index (Phi) is 2.81. The smallest absolute Gasteiger partial charge is 0.179 e. The lowest BCUT2D eigenvalue weighted by molar-refractivity contribution is 1.30. The van der Waals surface area contributed by atoms with Gasteiger partial charge in [-0.1, -0.05) is 23.2 Å². The number of nitrogens with zero attached hydrogens (tertiary/aromatic N) is 2. The fourth-order valence-corrected chi connectivity index (χ4v) is 1.91. The standard InChI is InChI=1S/C12H8Cl2N4/c13-8-2-1-7(5-9(8)14)17-11-4-3-10-12(18-11)16-6-15-10/h1-6H,(H2,15,16,17,18). The molecule has 0 saturated carbocycles. The van der Waals surface area contributed by atoms with E-state index >= 15 is 0 Å². The molecule has 0 aliphatic rings. The van der Waals surface area contributed by atoms with E-state index in [2.05, 4.69) is 20.3 Å². The van der Waals surface area contributed by atoms with E-state index in [0.29, 0.717) is 21.5 Å². The lowest BCUT2D eigenvalue weighted by Crippen LogP contribution is -1.93. The summed E-state index contributed by atoms with van der Waals surface area (Å²) in [5.41, 5.74) is 2.39. The van der Waals surface area contributed by atoms with E-state index in [-0.39, 0.29) is 0 Å². The predicted molar refractivity (Wildman–Crippen MR) is 73.6 cm³/mol. The molecule has 3 aromatic rings. The Morgan fingerprint density at radius 1 is 1.06 bits per heavy atom. The normalized spacial score (nSPS) is 10.8. The molecule has 6 heteroatoms. The van der Waals surface area contributed by atoms with Crippen LogP contribution in [0.2, 0.25) is 10.0 Å². The van der Waals surface area contributed by atoms with E-state index in [1.807, 2.05) is 18.2 Å². The lowest BCUT2D eigenvalue weighted by Gasteiger charge is -2.06. The van der Waals surface area contributed by atoms with Crippen LogP contribution in [-0.2, 0) is 0 Å². The third-order valence-electron chi connectivity index (χ3n) is 2.47. The molecule has 18 heavy (non-hydrogen) atoms. The van der Waals surface area contributed by atoms with Gasteiger partial charge in [-0.05, 0) is 30.3 Å². The second-order valence-electron chi connectivity index (χ2n) is 3.72. The molecule has 1 aromatic carbocycles. The van der Waals surface area contributed by atoms with E-state index in [4.69, 9.17) is 23.2 Å². The summed E-state index contributed by atoms with van der Waals surface area (Å²) >= 11 is 11.8. The topological polar surface area (TPSA) is 53.6 Å². The molecular weight excluding hydrogens is 271 g/mol. The Bertz CT molecular complexity index is 708. The maximum absolute atomic E-state index is 5.95. The van der Waals surface area contributed by atoms with Crippen LogP contribution in [-0.4, -0.2) is 15.0 Å². The maximum atomic E-state index is 5.95. The molecule has 0 radical (unpaired) electrons. The molecule has 0 spiro atoms. The van der Waals surface area contributed by atoms with Gasteiger partial charge in [0.15, 0.2) is 5.65 Å². The van der Waals surface area contributed by atoms with Gasteiger partial charge in [-0.3, -0.25) is 0 Å². The van der Waals surface area contributed by atoms with Gasteiger partial charge < -0.3 is 10.3 Å². The van der Waals surface area contributed by atoms with E-state index in [1.54, 1.807) is 18.5 Å². The highest BCUT2D eigenvalue weighted by atomic mass is 35.5. The molecule has 4 nitrogen and oxygen atoms in total. The van der Waals surface area contributed by atoms with Crippen molar-refractivity contribution < 1.29 is 0 Å². The minimum Gasteiger partial charge on any atom is -0.343 e. The number of benzene rings is 1. The number of pyridine rings is 1. The van der Waals surface area contributed by atoms with Crippen LogP contribution in [0.25, 0.3) is 11.2 Å². The summed E-state index contributed by atoms with van der Waals surface area (Å²) < 4.78 is 0. The zero-order valence-corrected chi connectivity index (χ0v) is 10.6. The molecular formula is C12H8Cl2N4. The largest absolute Gasteiger partial charge is 0.343 e. The Morgan fingerprint density at radius 2 is 1.94 bits per heavy atom. The molecule has 3 rings (SSSR count). The average Bonchev–Trinajstić information content (AvgIpc) is 2.81. The monoisotopic (exact) mass is 278 g/mol. The fraction of sp³-hybridized carbons (Fsp3) is 0. The van der Waals surface area contributed by atoms with Crippen LogP contribution in [0.4, 0.5) is 11.5 Å². The van der Waals surface area contributed by atoms with Crippen molar-refractivity contribution in [1.29, 1.82) is 0 Å². The van der Waals surface area contributed by atoms with Gasteiger partial charge in [-0.2, -0.15) is 0 Å². The zero-order chi connectivity index (χ0) is 12.5. The first kappa shape index (κ1) is 11.3. The Hall–Kier alpha value is -1.78. The van der Waals surface area contributed by atoms with Crippen LogP contribution in [0.5, 0.6) is 0 Å². The van der Waals surface area contributed by atoms with Gasteiger partial charge in [-0.15, -0.1) is 0 Å². The van der Waals surface area contributed by atoms with E-state index in [0.717, 1.165) is 11.2 Å². The van der Waals surface area contributed by atoms with E-state index in [9.17, 15) is 0 Å². The van der Waals surface area contributed by atoms with Gasteiger partial charge in [0.05, 0.1) is 21.9 Å². The quantitative estimate of drug-likeness (QED) is 0.745. The number of hydrogen-bond acceptors (Lipinski definition) is 3. The SMILES string of the molecule is Clc1ccc(Nc2ccc3[nH]cnc3n2)cc1Cl. The third kappa shape index (κ3) is 2.12. The highest BCUT2D eigenvalue weighted by Crippen LogP contribution is 2.26. The van der Waals surface area contributed by atoms with Crippen molar-refractivity contribution in [1.82, 2.24) is 15.0 Å². The first-order chi connectivity index (χ1) is 8.72.